The molecule has 1 aliphatic heterocycles. The van der Waals surface area contributed by atoms with Crippen LogP contribution in [0, 0.1) is 5.92 Å². The summed E-state index contributed by atoms with van der Waals surface area (Å²) in [7, 11) is 0. The Kier molecular flexibility index (Phi) is 3.47. The number of hydrogen-bond acceptors (Lipinski definition) is 2. The van der Waals surface area contributed by atoms with Gasteiger partial charge in [-0.15, -0.1) is 0 Å². The standard InChI is InChI=1S/C14H17NO2/c1-2-3-8-15-10-12(14(16)17)9-11-6-4-5-7-13(11)15/h2-7,12H,8-10H2,1H3,(H,16,17)/b3-2+. The SMILES string of the molecule is C/C=C/CN1CC(C(=O)O)Cc2ccccc21. The Morgan fingerprint density at radius 3 is 3.00 bits per heavy atom. The van der Waals surface area contributed by atoms with Crippen LogP contribution in [0.1, 0.15) is 12.5 Å². The number of carboxylic acids is 1. The van der Waals surface area contributed by atoms with E-state index in [4.69, 9.17) is 5.11 Å². The molecule has 2 rings (SSSR count). The van der Waals surface area contributed by atoms with Gasteiger partial charge in [-0.3, -0.25) is 4.79 Å². The molecule has 90 valence electrons. The largest absolute Gasteiger partial charge is 0.481 e. The normalized spacial score (nSPS) is 19.4. The van der Waals surface area contributed by atoms with Crippen molar-refractivity contribution in [3.63, 3.8) is 0 Å². The van der Waals surface area contributed by atoms with Crippen molar-refractivity contribution in [3.05, 3.63) is 42.0 Å². The van der Waals surface area contributed by atoms with Crippen molar-refractivity contribution in [3.8, 4) is 0 Å². The fourth-order valence-electron chi connectivity index (χ4n) is 2.26. The second-order valence-corrected chi connectivity index (χ2v) is 4.34. The van der Waals surface area contributed by atoms with Crippen LogP contribution >= 0.6 is 0 Å². The predicted molar refractivity (Wildman–Crippen MR) is 68.3 cm³/mol. The quantitative estimate of drug-likeness (QED) is 0.812. The Bertz CT molecular complexity index is 440. The number of para-hydroxylation sites is 1. The molecule has 0 bridgehead atoms. The molecule has 17 heavy (non-hydrogen) atoms. The van der Waals surface area contributed by atoms with E-state index in [1.807, 2.05) is 31.2 Å². The van der Waals surface area contributed by atoms with Crippen LogP contribution in [0.3, 0.4) is 0 Å². The average molecular weight is 231 g/mol. The van der Waals surface area contributed by atoms with E-state index in [-0.39, 0.29) is 5.92 Å². The van der Waals surface area contributed by atoms with E-state index in [1.165, 1.54) is 5.69 Å². The maximum Gasteiger partial charge on any atom is 0.308 e. The monoisotopic (exact) mass is 231 g/mol. The maximum atomic E-state index is 11.1. The number of anilines is 1. The van der Waals surface area contributed by atoms with Crippen LogP contribution in [0.5, 0.6) is 0 Å². The Balaban J connectivity index is 2.28. The van der Waals surface area contributed by atoms with Crippen LogP contribution in [0.25, 0.3) is 0 Å². The summed E-state index contributed by atoms with van der Waals surface area (Å²) in [6, 6.07) is 8.06. The van der Waals surface area contributed by atoms with Crippen LogP contribution in [0.4, 0.5) is 5.69 Å². The topological polar surface area (TPSA) is 40.5 Å². The molecular formula is C14H17NO2. The molecule has 0 saturated carbocycles. The van der Waals surface area contributed by atoms with E-state index in [0.29, 0.717) is 13.0 Å². The van der Waals surface area contributed by atoms with Crippen molar-refractivity contribution < 1.29 is 9.90 Å². The number of fused-ring (bicyclic) bond motifs is 1. The molecule has 0 radical (unpaired) electrons. The first kappa shape index (κ1) is 11.7. The van der Waals surface area contributed by atoms with Gasteiger partial charge in [-0.2, -0.15) is 0 Å². The number of aliphatic carboxylic acids is 1. The minimum absolute atomic E-state index is 0.296. The molecule has 0 saturated heterocycles. The molecule has 1 N–H and O–H groups in total. The van der Waals surface area contributed by atoms with Gasteiger partial charge in [0.25, 0.3) is 0 Å². The smallest absolute Gasteiger partial charge is 0.308 e. The highest BCUT2D eigenvalue weighted by molar-refractivity contribution is 5.74. The molecular weight excluding hydrogens is 214 g/mol. The number of hydrogen-bond donors (Lipinski definition) is 1. The fraction of sp³-hybridized carbons (Fsp3) is 0.357. The number of nitrogens with zero attached hydrogens (tertiary/aromatic N) is 1. The molecule has 1 unspecified atom stereocenters. The van der Waals surface area contributed by atoms with Gasteiger partial charge in [0.15, 0.2) is 0 Å². The Morgan fingerprint density at radius 1 is 1.53 bits per heavy atom. The zero-order chi connectivity index (χ0) is 12.3. The second-order valence-electron chi connectivity index (χ2n) is 4.34. The van der Waals surface area contributed by atoms with Crippen molar-refractivity contribution in [1.82, 2.24) is 0 Å². The lowest BCUT2D eigenvalue weighted by Crippen LogP contribution is -2.39. The summed E-state index contributed by atoms with van der Waals surface area (Å²) in [6.07, 6.45) is 4.69. The Morgan fingerprint density at radius 2 is 2.29 bits per heavy atom. The zero-order valence-corrected chi connectivity index (χ0v) is 9.97. The molecule has 0 amide bonds. The first-order valence-corrected chi connectivity index (χ1v) is 5.89. The number of carboxylic acid groups (broad SMARTS) is 1. The summed E-state index contributed by atoms with van der Waals surface area (Å²) in [5, 5.41) is 9.16. The van der Waals surface area contributed by atoms with Crippen LogP contribution < -0.4 is 4.90 Å². The summed E-state index contributed by atoms with van der Waals surface area (Å²) in [5.41, 5.74) is 2.30. The van der Waals surface area contributed by atoms with Crippen molar-refractivity contribution in [2.75, 3.05) is 18.0 Å². The fourth-order valence-corrected chi connectivity index (χ4v) is 2.26. The third-order valence-electron chi connectivity index (χ3n) is 3.15. The lowest BCUT2D eigenvalue weighted by molar-refractivity contribution is -0.141. The van der Waals surface area contributed by atoms with Gasteiger partial charge < -0.3 is 10.0 Å². The molecule has 3 nitrogen and oxygen atoms in total. The van der Waals surface area contributed by atoms with Gasteiger partial charge in [-0.05, 0) is 25.0 Å². The van der Waals surface area contributed by atoms with Crippen molar-refractivity contribution in [1.29, 1.82) is 0 Å². The predicted octanol–water partition coefficient (Wildman–Crippen LogP) is 2.33. The Hall–Kier alpha value is -1.77. The molecule has 0 spiro atoms. The van der Waals surface area contributed by atoms with Gasteiger partial charge in [-0.1, -0.05) is 30.4 Å². The zero-order valence-electron chi connectivity index (χ0n) is 9.97. The molecule has 0 aliphatic carbocycles. The first-order valence-electron chi connectivity index (χ1n) is 5.89. The summed E-state index contributed by atoms with van der Waals surface area (Å²) >= 11 is 0. The minimum Gasteiger partial charge on any atom is -0.481 e. The summed E-state index contributed by atoms with van der Waals surface area (Å²) in [6.45, 7) is 3.35. The first-order chi connectivity index (χ1) is 8.22. The van der Waals surface area contributed by atoms with E-state index >= 15 is 0 Å². The highest BCUT2D eigenvalue weighted by Crippen LogP contribution is 2.29. The number of carbonyl (C=O) groups is 1. The van der Waals surface area contributed by atoms with Gasteiger partial charge in [0.05, 0.1) is 5.92 Å². The van der Waals surface area contributed by atoms with Crippen LogP contribution in [-0.4, -0.2) is 24.2 Å². The molecule has 1 heterocycles. The minimum atomic E-state index is -0.704. The highest BCUT2D eigenvalue weighted by atomic mass is 16.4. The molecule has 1 aromatic carbocycles. The van der Waals surface area contributed by atoms with Crippen molar-refractivity contribution in [2.24, 2.45) is 5.92 Å². The molecule has 3 heteroatoms. The summed E-state index contributed by atoms with van der Waals surface area (Å²) in [5.74, 6) is -1.000. The molecule has 0 fully saturated rings. The molecule has 0 aromatic heterocycles. The Labute approximate surface area is 101 Å². The molecule has 1 aromatic rings. The third-order valence-corrected chi connectivity index (χ3v) is 3.15. The third kappa shape index (κ3) is 2.49. The average Bonchev–Trinajstić information content (AvgIpc) is 2.35. The van der Waals surface area contributed by atoms with E-state index < -0.39 is 5.97 Å². The van der Waals surface area contributed by atoms with E-state index in [9.17, 15) is 4.79 Å². The van der Waals surface area contributed by atoms with Crippen LogP contribution in [0.15, 0.2) is 36.4 Å². The van der Waals surface area contributed by atoms with Gasteiger partial charge in [0, 0.05) is 18.8 Å². The van der Waals surface area contributed by atoms with Gasteiger partial charge in [0.1, 0.15) is 0 Å². The molecule has 1 aliphatic rings. The lowest BCUT2D eigenvalue weighted by atomic mass is 9.92. The number of rotatable bonds is 3. The van der Waals surface area contributed by atoms with E-state index in [1.54, 1.807) is 0 Å². The number of benzene rings is 1. The van der Waals surface area contributed by atoms with Crippen molar-refractivity contribution >= 4 is 11.7 Å². The van der Waals surface area contributed by atoms with E-state index in [0.717, 1.165) is 12.1 Å². The summed E-state index contributed by atoms with van der Waals surface area (Å²) < 4.78 is 0. The van der Waals surface area contributed by atoms with Crippen LogP contribution in [-0.2, 0) is 11.2 Å². The van der Waals surface area contributed by atoms with Gasteiger partial charge >= 0.3 is 5.97 Å². The summed E-state index contributed by atoms with van der Waals surface area (Å²) in [4.78, 5) is 13.3. The maximum absolute atomic E-state index is 11.1. The van der Waals surface area contributed by atoms with Crippen LogP contribution in [0.2, 0.25) is 0 Å². The number of allylic oxidation sites excluding steroid dienone is 1. The van der Waals surface area contributed by atoms with E-state index in [2.05, 4.69) is 17.0 Å². The van der Waals surface area contributed by atoms with Crippen molar-refractivity contribution in [2.45, 2.75) is 13.3 Å². The lowest BCUT2D eigenvalue weighted by Gasteiger charge is -2.33. The highest BCUT2D eigenvalue weighted by Gasteiger charge is 2.27. The second kappa shape index (κ2) is 5.04. The molecule has 1 atom stereocenters. The van der Waals surface area contributed by atoms with Gasteiger partial charge in [0.2, 0.25) is 0 Å². The van der Waals surface area contributed by atoms with Gasteiger partial charge in [-0.25, -0.2) is 0 Å².